The Morgan fingerprint density at radius 1 is 0.712 bits per heavy atom. The maximum atomic E-state index is 10.0. The van der Waals surface area contributed by atoms with Crippen molar-refractivity contribution >= 4 is 0 Å². The van der Waals surface area contributed by atoms with Crippen LogP contribution >= 0.6 is 0 Å². The van der Waals surface area contributed by atoms with E-state index in [2.05, 4.69) is 109 Å². The first kappa shape index (κ1) is 34.1. The summed E-state index contributed by atoms with van der Waals surface area (Å²) in [5.41, 5.74) is 6.73. The Morgan fingerprint density at radius 2 is 1.58 bits per heavy atom. The van der Waals surface area contributed by atoms with Crippen LogP contribution in [0.15, 0.2) is 94.7 Å². The third kappa shape index (κ3) is 5.77. The highest BCUT2D eigenvalue weighted by Crippen LogP contribution is 2.53. The predicted octanol–water partition coefficient (Wildman–Crippen LogP) is 9.45. The smallest absolute Gasteiger partial charge is 0.0943 e. The molecule has 268 valence electrons. The Kier molecular flexibility index (Phi) is 9.14. The molecule has 9 rings (SSSR count). The van der Waals surface area contributed by atoms with Crippen molar-refractivity contribution in [3.8, 4) is 18.2 Å². The minimum absolute atomic E-state index is 0.0171. The van der Waals surface area contributed by atoms with Gasteiger partial charge in [0.15, 0.2) is 0 Å². The molecule has 7 aliphatic carbocycles. The first-order valence-electron chi connectivity index (χ1n) is 20.8. The fourth-order valence-corrected chi connectivity index (χ4v) is 12.7. The Bertz CT molecular complexity index is 1830. The van der Waals surface area contributed by atoms with Crippen molar-refractivity contribution in [2.75, 3.05) is 0 Å². The highest BCUT2D eigenvalue weighted by atomic mass is 15.3. The molecule has 0 aromatic rings. The second kappa shape index (κ2) is 13.9. The molecular weight excluding hydrogens is 635 g/mol. The van der Waals surface area contributed by atoms with Gasteiger partial charge in [0.1, 0.15) is 0 Å². The van der Waals surface area contributed by atoms with Crippen molar-refractivity contribution in [3.05, 3.63) is 94.7 Å². The molecule has 0 spiro atoms. The number of likely N-dealkylation sites (tertiary alicyclic amines) is 2. The molecule has 13 unspecified atom stereocenters. The maximum absolute atomic E-state index is 10.0. The van der Waals surface area contributed by atoms with Gasteiger partial charge in [0, 0.05) is 47.7 Å². The number of nitriles is 3. The van der Waals surface area contributed by atoms with E-state index in [1.807, 2.05) is 0 Å². The van der Waals surface area contributed by atoms with Gasteiger partial charge in [0.05, 0.1) is 30.0 Å². The summed E-state index contributed by atoms with van der Waals surface area (Å²) in [6.07, 6.45) is 40.1. The number of fused-ring (bicyclic) bond motifs is 6. The zero-order valence-corrected chi connectivity index (χ0v) is 31.2. The average Bonchev–Trinajstić information content (AvgIpc) is 3.71. The highest BCUT2D eigenvalue weighted by Gasteiger charge is 2.55. The van der Waals surface area contributed by atoms with E-state index in [0.29, 0.717) is 65.8 Å². The number of rotatable bonds is 4. The lowest BCUT2D eigenvalue weighted by Gasteiger charge is -2.47. The predicted molar refractivity (Wildman–Crippen MR) is 206 cm³/mol. The number of hydrogen-bond acceptors (Lipinski definition) is 5. The van der Waals surface area contributed by atoms with Crippen molar-refractivity contribution in [1.82, 2.24) is 9.80 Å². The van der Waals surface area contributed by atoms with Crippen LogP contribution in [0.2, 0.25) is 0 Å². The van der Waals surface area contributed by atoms with E-state index >= 15 is 0 Å². The number of hydrogen-bond donors (Lipinski definition) is 0. The fourth-order valence-electron chi connectivity index (χ4n) is 12.7. The minimum atomic E-state index is -0.0399. The standard InChI is InChI=1S/C47H55N5/c1-29-18-35(22-37(28-50)30(29)2)33-8-7-9-34(21-33)36-23-38(51-44-12-5-3-10-40(44)41-11-4-6-13-45(41)51)25-39(24-36)52-46-16-14-31(26-48)19-42(46)43-20-32(27-49)15-17-47(43)52/h3,5,8,10,12,14,16,20-22,24,29-31,37-47H,4,6-7,9,11,13,15,17-19,23,25H2,1-2H3/t29-,30?,31?,37?,38?,39?,40?,41?,42?,43?,44?,45?,46?,47?/m0/s1. The molecule has 2 saturated heterocycles. The lowest BCUT2D eigenvalue weighted by atomic mass is 9.73. The molecule has 0 bridgehead atoms. The number of nitrogens with zero attached hydrogens (tertiary/aromatic N) is 5. The van der Waals surface area contributed by atoms with E-state index < -0.39 is 0 Å². The maximum Gasteiger partial charge on any atom is 0.0943 e. The van der Waals surface area contributed by atoms with Crippen LogP contribution in [-0.4, -0.2) is 46.1 Å². The Hall–Kier alpha value is -3.69. The molecule has 2 aliphatic heterocycles. The fraction of sp³-hybridized carbons (Fsp3) is 0.596. The zero-order chi connectivity index (χ0) is 35.5. The second-order valence-corrected chi connectivity index (χ2v) is 17.9. The second-order valence-electron chi connectivity index (χ2n) is 17.9. The van der Waals surface area contributed by atoms with Crippen LogP contribution in [0.4, 0.5) is 0 Å². The molecule has 0 radical (unpaired) electrons. The van der Waals surface area contributed by atoms with Crippen LogP contribution in [0, 0.1) is 81.3 Å². The van der Waals surface area contributed by atoms with Gasteiger partial charge in [-0.15, -0.1) is 0 Å². The molecule has 2 heterocycles. The Morgan fingerprint density at radius 3 is 2.42 bits per heavy atom. The quantitative estimate of drug-likeness (QED) is 0.275. The molecule has 5 nitrogen and oxygen atoms in total. The van der Waals surface area contributed by atoms with Gasteiger partial charge in [-0.2, -0.15) is 15.8 Å². The molecule has 9 aliphatic rings. The summed E-state index contributed by atoms with van der Waals surface area (Å²) < 4.78 is 0. The summed E-state index contributed by atoms with van der Waals surface area (Å²) in [4.78, 5) is 5.92. The first-order valence-corrected chi connectivity index (χ1v) is 20.8. The SMILES string of the molecule is CC1C(C#N)C=C(C2=CCCC(C3=CC(N4C5C=CC(C#N)CC5C5C=C(C#N)CCC54)CC(N4C5C=CC=CC5C5CCCCC54)C3)=C2)C[C@@H]1C. The van der Waals surface area contributed by atoms with E-state index in [-0.39, 0.29) is 11.8 Å². The molecule has 0 aromatic carbocycles. The molecule has 0 N–H and O–H groups in total. The summed E-state index contributed by atoms with van der Waals surface area (Å²) in [6, 6.07) is 10.3. The molecule has 52 heavy (non-hydrogen) atoms. The summed E-state index contributed by atoms with van der Waals surface area (Å²) in [6.45, 7) is 4.56. The van der Waals surface area contributed by atoms with E-state index in [4.69, 9.17) is 0 Å². The molecule has 1 saturated carbocycles. The van der Waals surface area contributed by atoms with Gasteiger partial charge in [0.25, 0.3) is 0 Å². The van der Waals surface area contributed by atoms with E-state index in [0.717, 1.165) is 62.9 Å². The molecule has 3 fully saturated rings. The van der Waals surface area contributed by atoms with Crippen molar-refractivity contribution in [2.45, 2.75) is 127 Å². The topological polar surface area (TPSA) is 77.8 Å². The van der Waals surface area contributed by atoms with Crippen molar-refractivity contribution < 1.29 is 0 Å². The summed E-state index contributed by atoms with van der Waals surface area (Å²) >= 11 is 0. The largest absolute Gasteiger partial charge is 0.290 e. The Balaban J connectivity index is 1.11. The van der Waals surface area contributed by atoms with Crippen molar-refractivity contribution in [3.63, 3.8) is 0 Å². The Labute approximate surface area is 312 Å². The molecule has 0 amide bonds. The van der Waals surface area contributed by atoms with Gasteiger partial charge in [-0.1, -0.05) is 93.5 Å². The molecule has 5 heteroatoms. The van der Waals surface area contributed by atoms with Crippen molar-refractivity contribution in [2.24, 2.45) is 47.3 Å². The number of allylic oxidation sites excluding steroid dienone is 10. The third-order valence-electron chi connectivity index (χ3n) is 15.3. The van der Waals surface area contributed by atoms with Crippen molar-refractivity contribution in [1.29, 1.82) is 15.8 Å². The van der Waals surface area contributed by atoms with Gasteiger partial charge in [0.2, 0.25) is 0 Å². The lowest BCUT2D eigenvalue weighted by molar-refractivity contribution is 0.0667. The van der Waals surface area contributed by atoms with E-state index in [9.17, 15) is 15.8 Å². The summed E-state index contributed by atoms with van der Waals surface area (Å²) in [5, 5.41) is 29.9. The minimum Gasteiger partial charge on any atom is -0.290 e. The van der Waals surface area contributed by atoms with E-state index in [1.165, 1.54) is 42.4 Å². The van der Waals surface area contributed by atoms with Gasteiger partial charge in [-0.3, -0.25) is 9.80 Å². The third-order valence-corrected chi connectivity index (χ3v) is 15.3. The van der Waals surface area contributed by atoms with Crippen LogP contribution in [0.5, 0.6) is 0 Å². The van der Waals surface area contributed by atoms with Crippen LogP contribution in [0.25, 0.3) is 0 Å². The van der Waals surface area contributed by atoms with Gasteiger partial charge >= 0.3 is 0 Å². The van der Waals surface area contributed by atoms with Gasteiger partial charge in [-0.05, 0) is 116 Å². The monoisotopic (exact) mass is 689 g/mol. The lowest BCUT2D eigenvalue weighted by Crippen LogP contribution is -2.53. The van der Waals surface area contributed by atoms with Gasteiger partial charge in [-0.25, -0.2) is 0 Å². The highest BCUT2D eigenvalue weighted by molar-refractivity contribution is 5.51. The van der Waals surface area contributed by atoms with Gasteiger partial charge < -0.3 is 0 Å². The molecular formula is C47H55N5. The normalized spacial score (nSPS) is 43.9. The van der Waals surface area contributed by atoms with Crippen LogP contribution in [0.3, 0.4) is 0 Å². The summed E-state index contributed by atoms with van der Waals surface area (Å²) in [5.74, 6) is 2.93. The molecule has 14 atom stereocenters. The average molecular weight is 690 g/mol. The van der Waals surface area contributed by atoms with Crippen LogP contribution < -0.4 is 0 Å². The molecule has 0 aromatic heterocycles. The summed E-state index contributed by atoms with van der Waals surface area (Å²) in [7, 11) is 0. The van der Waals surface area contributed by atoms with E-state index in [1.54, 1.807) is 5.57 Å². The van der Waals surface area contributed by atoms with Crippen LogP contribution in [0.1, 0.15) is 90.9 Å². The van der Waals surface area contributed by atoms with Crippen LogP contribution in [-0.2, 0) is 0 Å². The first-order chi connectivity index (χ1) is 25.4. The zero-order valence-electron chi connectivity index (χ0n) is 31.2.